The van der Waals surface area contributed by atoms with Gasteiger partial charge in [-0.15, -0.1) is 0 Å². The highest BCUT2D eigenvalue weighted by molar-refractivity contribution is 8.04. The molecular formula is C43H59N9O8P4S3. The molecule has 0 heterocycles. The van der Waals surface area contributed by atoms with Gasteiger partial charge in [0.15, 0.2) is 11.6 Å². The van der Waals surface area contributed by atoms with Crippen LogP contribution in [0.25, 0.3) is 10.4 Å². The molecule has 0 aliphatic heterocycles. The molecule has 67 heavy (non-hydrogen) atoms. The second kappa shape index (κ2) is 26.0. The lowest BCUT2D eigenvalue weighted by Crippen LogP contribution is -2.28. The topological polar surface area (TPSA) is 188 Å². The van der Waals surface area contributed by atoms with Crippen molar-refractivity contribution >= 4 is 82.5 Å². The van der Waals surface area contributed by atoms with E-state index in [1.165, 1.54) is 14.2 Å². The van der Waals surface area contributed by atoms with Crippen LogP contribution in [0.5, 0.6) is 23.0 Å². The van der Waals surface area contributed by atoms with Crippen LogP contribution in [0.2, 0.25) is 0 Å². The van der Waals surface area contributed by atoms with Gasteiger partial charge in [0.2, 0.25) is 7.07 Å². The minimum Gasteiger partial charge on any atom is -0.481 e. The van der Waals surface area contributed by atoms with E-state index in [0.717, 1.165) is 23.1 Å². The number of hydrogen-bond acceptors (Lipinski definition) is 16. The molecule has 17 nitrogen and oxygen atoms in total. The van der Waals surface area contributed by atoms with Crippen LogP contribution >= 0.6 is 28.4 Å². The molecule has 4 rings (SSSR count). The summed E-state index contributed by atoms with van der Waals surface area (Å²) in [5.74, 6) is 0.789. The van der Waals surface area contributed by atoms with Crippen LogP contribution in [0, 0.1) is 0 Å². The maximum Gasteiger partial charge on any atom is 0.362 e. The van der Waals surface area contributed by atoms with Crippen LogP contribution in [0.15, 0.2) is 117 Å². The average molecular weight is 1050 g/mol. The van der Waals surface area contributed by atoms with Crippen LogP contribution in [0.3, 0.4) is 0 Å². The number of benzene rings is 4. The van der Waals surface area contributed by atoms with Crippen molar-refractivity contribution < 1.29 is 37.2 Å². The van der Waals surface area contributed by atoms with Gasteiger partial charge in [-0.1, -0.05) is 49.1 Å². The predicted molar refractivity (Wildman–Crippen MR) is 284 cm³/mol. The summed E-state index contributed by atoms with van der Waals surface area (Å²) in [5.41, 5.74) is 10.9. The first-order valence-electron chi connectivity index (χ1n) is 20.8. The van der Waals surface area contributed by atoms with Crippen molar-refractivity contribution in [1.82, 2.24) is 14.6 Å². The molecule has 362 valence electrons. The van der Waals surface area contributed by atoms with Crippen LogP contribution < -0.4 is 18.5 Å². The monoisotopic (exact) mass is 1050 g/mol. The van der Waals surface area contributed by atoms with Gasteiger partial charge in [-0.3, -0.25) is 14.4 Å². The van der Waals surface area contributed by atoms with E-state index in [1.54, 1.807) is 71.4 Å². The Morgan fingerprint density at radius 1 is 0.731 bits per heavy atom. The summed E-state index contributed by atoms with van der Waals surface area (Å²) in [4.78, 5) is 2.94. The van der Waals surface area contributed by atoms with E-state index in [0.29, 0.717) is 35.0 Å². The number of aliphatic hydroxyl groups excluding tert-OH is 1. The van der Waals surface area contributed by atoms with Crippen molar-refractivity contribution in [3.8, 4) is 23.0 Å². The Hall–Kier alpha value is -4.14. The summed E-state index contributed by atoms with van der Waals surface area (Å²) >= 11 is 17.3. The number of azide groups is 1. The molecule has 0 aliphatic rings. The van der Waals surface area contributed by atoms with Gasteiger partial charge in [-0.05, 0) is 164 Å². The maximum absolute atomic E-state index is 12.5. The van der Waals surface area contributed by atoms with E-state index in [2.05, 4.69) is 25.3 Å². The van der Waals surface area contributed by atoms with Gasteiger partial charge in [0.1, 0.15) is 41.0 Å². The Kier molecular flexibility index (Phi) is 21.5. The molecule has 0 saturated heterocycles. The quantitative estimate of drug-likeness (QED) is 0.0156. The van der Waals surface area contributed by atoms with E-state index < -0.39 is 45.4 Å². The highest BCUT2D eigenvalue weighted by Gasteiger charge is 2.34. The first-order valence-corrected chi connectivity index (χ1v) is 30.1. The van der Waals surface area contributed by atoms with E-state index in [1.807, 2.05) is 115 Å². The molecule has 0 aromatic heterocycles. The van der Waals surface area contributed by atoms with Crippen LogP contribution in [-0.4, -0.2) is 90.5 Å². The summed E-state index contributed by atoms with van der Waals surface area (Å²) in [6.07, 6.45) is 6.59. The molecule has 0 spiro atoms. The van der Waals surface area contributed by atoms with E-state index in [4.69, 9.17) is 68.5 Å². The Bertz CT molecular complexity index is 2490. The fourth-order valence-electron chi connectivity index (χ4n) is 5.88. The van der Waals surface area contributed by atoms with Crippen molar-refractivity contribution in [3.05, 3.63) is 130 Å². The van der Waals surface area contributed by atoms with E-state index in [-0.39, 0.29) is 5.78 Å². The lowest BCUT2D eigenvalue weighted by molar-refractivity contribution is 0.0857. The van der Waals surface area contributed by atoms with Crippen molar-refractivity contribution in [3.63, 3.8) is 0 Å². The smallest absolute Gasteiger partial charge is 0.362 e. The van der Waals surface area contributed by atoms with Gasteiger partial charge < -0.3 is 32.7 Å². The molecular weight excluding hydrogens is 991 g/mol. The molecule has 4 aromatic carbocycles. The fourth-order valence-corrected chi connectivity index (χ4v) is 11.1. The largest absolute Gasteiger partial charge is 0.481 e. The van der Waals surface area contributed by atoms with Gasteiger partial charge in [0, 0.05) is 40.3 Å². The first kappa shape index (κ1) is 55.5. The molecule has 4 aromatic rings. The van der Waals surface area contributed by atoms with Gasteiger partial charge >= 0.3 is 7.60 Å². The third-order valence-electron chi connectivity index (χ3n) is 9.86. The SMILES string of the molecule is CCCC(C)(N=[N+]=[N-])Oc1ccc(/C=N/N(C)[PH](=S)C(C)(C)Oc2ccc(/C=N/N(C)[PH](=S)Oc3ccc(/C=N/N(C)C(C)[PH](=S)Oc4ccc(C(O)P(=O)(OC)OC)cc4)cc3)cc2)cc1. The Morgan fingerprint density at radius 3 is 1.67 bits per heavy atom. The summed E-state index contributed by atoms with van der Waals surface area (Å²) in [6, 6.07) is 28.9. The van der Waals surface area contributed by atoms with Gasteiger partial charge in [0.25, 0.3) is 0 Å². The Morgan fingerprint density at radius 2 is 1.18 bits per heavy atom. The van der Waals surface area contributed by atoms with Crippen molar-refractivity contribution in [2.45, 2.75) is 70.2 Å². The van der Waals surface area contributed by atoms with E-state index >= 15 is 0 Å². The molecule has 1 N–H and O–H groups in total. The highest BCUT2D eigenvalue weighted by atomic mass is 32.4. The number of nitrogens with zero attached hydrogens (tertiary/aromatic N) is 9. The fraction of sp³-hybridized carbons (Fsp3) is 0.372. The molecule has 6 atom stereocenters. The molecule has 0 saturated carbocycles. The van der Waals surface area contributed by atoms with Gasteiger partial charge in [-0.25, -0.2) is 4.78 Å². The van der Waals surface area contributed by atoms with Crippen LogP contribution in [0.1, 0.15) is 75.6 Å². The summed E-state index contributed by atoms with van der Waals surface area (Å²) in [5, 5.41) is 29.1. The van der Waals surface area contributed by atoms with Gasteiger partial charge in [0.05, 0.1) is 25.5 Å². The zero-order valence-corrected chi connectivity index (χ0v) is 45.4. The Labute approximate surface area is 410 Å². The van der Waals surface area contributed by atoms with E-state index in [9.17, 15) is 9.67 Å². The third-order valence-corrected chi connectivity index (χ3v) is 20.7. The second-order valence-corrected chi connectivity index (χ2v) is 26.7. The summed E-state index contributed by atoms with van der Waals surface area (Å²) in [6.45, 7) is 6.13. The minimum atomic E-state index is -3.70. The molecule has 24 heteroatoms. The van der Waals surface area contributed by atoms with Crippen LogP contribution in [0.4, 0.5) is 0 Å². The highest BCUT2D eigenvalue weighted by Crippen LogP contribution is 2.58. The summed E-state index contributed by atoms with van der Waals surface area (Å²) in [7, 11) is 2.28. The van der Waals surface area contributed by atoms with Crippen molar-refractivity contribution in [2.75, 3.05) is 35.4 Å². The number of hydrazone groups is 3. The maximum atomic E-state index is 12.5. The molecule has 0 fully saturated rings. The number of aliphatic hydroxyl groups is 1. The number of hydrogen-bond donors (Lipinski definition) is 1. The third kappa shape index (κ3) is 16.8. The predicted octanol–water partition coefficient (Wildman–Crippen LogP) is 11.2. The lowest BCUT2D eigenvalue weighted by Gasteiger charge is -2.32. The summed E-state index contributed by atoms with van der Waals surface area (Å²) < 4.78 is 50.2. The molecule has 0 aliphatic carbocycles. The minimum absolute atomic E-state index is 0.183. The standard InChI is InChI=1S/C43H59N9O8P4S3/c1-11-28-43(5,48-49-44)58-38-22-14-34(15-23-38)30-46-51(7)62(66)42(3,4)57-37-20-12-35(13-21-37)31-47-52(8)63(67)60-40-24-16-33(17-25-40)29-45-50(6)32(2)61(65)59-39-26-18-36(19-27-39)41(53)64(54,55-9)56-10/h12-27,29-32,41,53,61-63H,11,28H2,1-10H3/b45-29+,46-30+,47-31+. The molecule has 0 radical (unpaired) electrons. The molecule has 6 unspecified atom stereocenters. The first-order chi connectivity index (χ1) is 31.7. The molecule has 0 bridgehead atoms. The van der Waals surface area contributed by atoms with Gasteiger partial charge in [-0.2, -0.15) is 15.3 Å². The van der Waals surface area contributed by atoms with Crippen LogP contribution in [-0.2, 0) is 49.0 Å². The zero-order chi connectivity index (χ0) is 49.4. The lowest BCUT2D eigenvalue weighted by atomic mass is 10.1. The normalized spacial score (nSPS) is 15.2. The average Bonchev–Trinajstić information content (AvgIpc) is 3.32. The Balaban J connectivity index is 1.23. The zero-order valence-electron chi connectivity index (χ0n) is 39.0. The number of rotatable bonds is 26. The second-order valence-electron chi connectivity index (χ2n) is 15.5. The number of ether oxygens (including phenoxy) is 2. The van der Waals surface area contributed by atoms with Crippen molar-refractivity contribution in [2.24, 2.45) is 20.4 Å². The molecule has 0 amide bonds. The van der Waals surface area contributed by atoms with Crippen molar-refractivity contribution in [1.29, 1.82) is 0 Å².